The van der Waals surface area contributed by atoms with E-state index in [1.54, 1.807) is 11.8 Å². The summed E-state index contributed by atoms with van der Waals surface area (Å²) in [6, 6.07) is 25.5. The van der Waals surface area contributed by atoms with E-state index < -0.39 is 0 Å². The van der Waals surface area contributed by atoms with Gasteiger partial charge in [0.2, 0.25) is 0 Å². The van der Waals surface area contributed by atoms with Gasteiger partial charge in [0.25, 0.3) is 0 Å². The number of nitrogens with zero attached hydrogens (tertiary/aromatic N) is 2. The molecule has 0 radical (unpaired) electrons. The SMILES string of the molecule is CCC(=O)[N+](CC)(CC)C1=C(c2ccccc2)c2ccc(OCCN(C)C)cc2Sc2ccccc21. The topological polar surface area (TPSA) is 29.5 Å². The van der Waals surface area contributed by atoms with Gasteiger partial charge >= 0.3 is 5.91 Å². The number of hydrogen-bond donors (Lipinski definition) is 0. The van der Waals surface area contributed by atoms with Crippen molar-refractivity contribution in [2.75, 3.05) is 40.3 Å². The summed E-state index contributed by atoms with van der Waals surface area (Å²) in [5.74, 6) is 1.11. The van der Waals surface area contributed by atoms with Gasteiger partial charge in [0.1, 0.15) is 12.4 Å². The Hall–Kier alpha value is -2.86. The number of likely N-dealkylation sites (N-methyl/N-ethyl adjacent to an activating group) is 1. The third-order valence-electron chi connectivity index (χ3n) is 6.98. The lowest BCUT2D eigenvalue weighted by Gasteiger charge is -2.37. The maximum absolute atomic E-state index is 13.7. The van der Waals surface area contributed by atoms with Crippen molar-refractivity contribution in [1.29, 1.82) is 0 Å². The lowest BCUT2D eigenvalue weighted by molar-refractivity contribution is -0.778. The van der Waals surface area contributed by atoms with Crippen molar-refractivity contribution in [2.45, 2.75) is 37.0 Å². The van der Waals surface area contributed by atoms with E-state index in [1.807, 2.05) is 13.0 Å². The first-order valence-electron chi connectivity index (χ1n) is 12.8. The lowest BCUT2D eigenvalue weighted by Crippen LogP contribution is -2.51. The number of ether oxygens (including phenoxy) is 1. The molecule has 0 unspecified atom stereocenters. The largest absolute Gasteiger partial charge is 0.492 e. The zero-order valence-corrected chi connectivity index (χ0v) is 22.9. The lowest BCUT2D eigenvalue weighted by atomic mass is 9.90. The van der Waals surface area contributed by atoms with Crippen molar-refractivity contribution in [1.82, 2.24) is 4.90 Å². The summed E-state index contributed by atoms with van der Waals surface area (Å²) in [5, 5.41) is 0. The molecule has 1 heterocycles. The number of benzene rings is 3. The van der Waals surface area contributed by atoms with Gasteiger partial charge in [-0.2, -0.15) is 0 Å². The molecular formula is C31H37N2O2S+. The highest BCUT2D eigenvalue weighted by Gasteiger charge is 2.42. The molecule has 0 saturated carbocycles. The van der Waals surface area contributed by atoms with Crippen LogP contribution in [0, 0.1) is 0 Å². The molecule has 0 fully saturated rings. The molecule has 1 aliphatic rings. The van der Waals surface area contributed by atoms with Crippen molar-refractivity contribution in [2.24, 2.45) is 0 Å². The molecule has 3 aromatic rings. The minimum atomic E-state index is 0.246. The standard InChI is InChI=1S/C31H37N2O2S/c1-6-29(34)33(7-2,8-3)31-26-16-12-13-17-27(26)36-28-22-24(35-21-20-32(4)5)18-19-25(28)30(31)23-14-10-9-11-15-23/h9-19,22H,6-8,20-21H2,1-5H3/q+1. The number of carbonyl (C=O) groups excluding carboxylic acids is 1. The Morgan fingerprint density at radius 1 is 0.861 bits per heavy atom. The van der Waals surface area contributed by atoms with E-state index in [2.05, 4.69) is 99.6 Å². The molecule has 3 aromatic carbocycles. The van der Waals surface area contributed by atoms with E-state index in [1.165, 1.54) is 4.90 Å². The maximum Gasteiger partial charge on any atom is 0.318 e. The van der Waals surface area contributed by atoms with Crippen LogP contribution in [-0.4, -0.2) is 55.6 Å². The monoisotopic (exact) mass is 501 g/mol. The molecule has 0 N–H and O–H groups in total. The smallest absolute Gasteiger partial charge is 0.318 e. The Labute approximate surface area is 220 Å². The van der Waals surface area contributed by atoms with Crippen LogP contribution in [0.1, 0.15) is 43.9 Å². The molecule has 0 aliphatic carbocycles. The average molecular weight is 502 g/mol. The van der Waals surface area contributed by atoms with Gasteiger partial charge < -0.3 is 9.64 Å². The van der Waals surface area contributed by atoms with E-state index in [4.69, 9.17) is 4.74 Å². The second kappa shape index (κ2) is 11.5. The van der Waals surface area contributed by atoms with Gasteiger partial charge in [-0.3, -0.25) is 0 Å². The highest BCUT2D eigenvalue weighted by Crippen LogP contribution is 2.50. The molecule has 4 nitrogen and oxygen atoms in total. The maximum atomic E-state index is 13.7. The minimum absolute atomic E-state index is 0.246. The molecule has 1 amide bonds. The number of carbonyl (C=O) groups is 1. The average Bonchev–Trinajstić information content (AvgIpc) is 3.04. The van der Waals surface area contributed by atoms with Gasteiger partial charge in [0.05, 0.1) is 30.6 Å². The molecular weight excluding hydrogens is 464 g/mol. The van der Waals surface area contributed by atoms with Gasteiger partial charge in [-0.1, -0.05) is 61.2 Å². The minimum Gasteiger partial charge on any atom is -0.492 e. The van der Waals surface area contributed by atoms with Crippen LogP contribution in [0.2, 0.25) is 0 Å². The van der Waals surface area contributed by atoms with Crippen LogP contribution in [0.25, 0.3) is 11.3 Å². The first kappa shape index (κ1) is 26.2. The fraction of sp³-hybridized carbons (Fsp3) is 0.323. The molecule has 0 spiro atoms. The Balaban J connectivity index is 2.04. The molecule has 0 aromatic heterocycles. The van der Waals surface area contributed by atoms with Crippen molar-refractivity contribution >= 4 is 28.9 Å². The van der Waals surface area contributed by atoms with Gasteiger partial charge in [-0.15, -0.1) is 0 Å². The van der Waals surface area contributed by atoms with E-state index in [0.717, 1.165) is 45.2 Å². The molecule has 188 valence electrons. The van der Waals surface area contributed by atoms with Crippen LogP contribution in [-0.2, 0) is 4.79 Å². The van der Waals surface area contributed by atoms with Crippen LogP contribution in [0.4, 0.5) is 0 Å². The highest BCUT2D eigenvalue weighted by molar-refractivity contribution is 7.99. The van der Waals surface area contributed by atoms with E-state index in [9.17, 15) is 4.79 Å². The van der Waals surface area contributed by atoms with E-state index in [-0.39, 0.29) is 5.91 Å². The summed E-state index contributed by atoms with van der Waals surface area (Å²) in [6.45, 7) is 9.15. The Morgan fingerprint density at radius 3 is 2.22 bits per heavy atom. The quantitative estimate of drug-likeness (QED) is 0.302. The number of amides is 1. The summed E-state index contributed by atoms with van der Waals surface area (Å²) in [5.41, 5.74) is 5.64. The van der Waals surface area contributed by atoms with Gasteiger partial charge in [-0.25, -0.2) is 9.28 Å². The van der Waals surface area contributed by atoms with Gasteiger partial charge in [0, 0.05) is 21.9 Å². The molecule has 0 saturated heterocycles. The third kappa shape index (κ3) is 5.01. The Morgan fingerprint density at radius 2 is 1.56 bits per heavy atom. The second-order valence-corrected chi connectivity index (χ2v) is 10.4. The molecule has 0 bridgehead atoms. The van der Waals surface area contributed by atoms with Crippen LogP contribution >= 0.6 is 11.8 Å². The van der Waals surface area contributed by atoms with Crippen molar-refractivity contribution in [3.05, 3.63) is 89.5 Å². The number of hydrogen-bond acceptors (Lipinski definition) is 4. The third-order valence-corrected chi connectivity index (χ3v) is 8.11. The zero-order valence-electron chi connectivity index (χ0n) is 22.1. The first-order chi connectivity index (χ1) is 17.4. The Bertz CT molecular complexity index is 1250. The first-order valence-corrected chi connectivity index (χ1v) is 13.7. The molecule has 1 aliphatic heterocycles. The van der Waals surface area contributed by atoms with Crippen LogP contribution in [0.3, 0.4) is 0 Å². The summed E-state index contributed by atoms with van der Waals surface area (Å²) in [6.07, 6.45) is 0.494. The number of fused-ring (bicyclic) bond motifs is 2. The zero-order chi connectivity index (χ0) is 25.7. The number of rotatable bonds is 9. The highest BCUT2D eigenvalue weighted by atomic mass is 32.2. The summed E-state index contributed by atoms with van der Waals surface area (Å²) in [7, 11) is 4.10. The predicted molar refractivity (Wildman–Crippen MR) is 150 cm³/mol. The number of quaternary nitrogens is 1. The van der Waals surface area contributed by atoms with Crippen LogP contribution in [0.15, 0.2) is 82.6 Å². The molecule has 4 rings (SSSR count). The van der Waals surface area contributed by atoms with E-state index in [0.29, 0.717) is 30.6 Å². The molecule has 5 heteroatoms. The Kier molecular flexibility index (Phi) is 8.35. The predicted octanol–water partition coefficient (Wildman–Crippen LogP) is 6.80. The van der Waals surface area contributed by atoms with Crippen molar-refractivity contribution in [3.63, 3.8) is 0 Å². The molecule has 36 heavy (non-hydrogen) atoms. The molecule has 0 atom stereocenters. The fourth-order valence-corrected chi connectivity index (χ4v) is 6.14. The summed E-state index contributed by atoms with van der Waals surface area (Å²) in [4.78, 5) is 18.2. The summed E-state index contributed by atoms with van der Waals surface area (Å²) >= 11 is 1.76. The van der Waals surface area contributed by atoms with Gasteiger partial charge in [0.15, 0.2) is 5.70 Å². The van der Waals surface area contributed by atoms with Crippen molar-refractivity contribution < 1.29 is 14.0 Å². The van der Waals surface area contributed by atoms with Crippen LogP contribution < -0.4 is 4.74 Å². The fourth-order valence-electron chi connectivity index (χ4n) is 5.02. The van der Waals surface area contributed by atoms with Crippen LogP contribution in [0.5, 0.6) is 5.75 Å². The second-order valence-electron chi connectivity index (χ2n) is 9.35. The van der Waals surface area contributed by atoms with Crippen molar-refractivity contribution in [3.8, 4) is 5.75 Å². The van der Waals surface area contributed by atoms with Gasteiger partial charge in [-0.05, 0) is 63.8 Å². The van der Waals surface area contributed by atoms with E-state index >= 15 is 0 Å². The normalized spacial score (nSPS) is 13.3. The summed E-state index contributed by atoms with van der Waals surface area (Å²) < 4.78 is 6.43.